The zero-order chi connectivity index (χ0) is 15.7. The molecular formula is C14H15BrF2N2O2. The number of hydrogen-bond acceptors (Lipinski definition) is 3. The van der Waals surface area contributed by atoms with Crippen molar-refractivity contribution >= 4 is 15.9 Å². The van der Waals surface area contributed by atoms with Gasteiger partial charge < -0.3 is 9.84 Å². The van der Waals surface area contributed by atoms with Crippen molar-refractivity contribution in [2.75, 3.05) is 7.11 Å². The molecule has 0 radical (unpaired) electrons. The van der Waals surface area contributed by atoms with Crippen LogP contribution in [0.2, 0.25) is 0 Å². The van der Waals surface area contributed by atoms with Crippen LogP contribution in [0.3, 0.4) is 0 Å². The largest absolute Gasteiger partial charge is 0.493 e. The smallest absolute Gasteiger partial charge is 0.173 e. The van der Waals surface area contributed by atoms with Gasteiger partial charge in [0.2, 0.25) is 0 Å². The van der Waals surface area contributed by atoms with Crippen LogP contribution >= 0.6 is 15.9 Å². The van der Waals surface area contributed by atoms with E-state index in [1.54, 1.807) is 4.68 Å². The van der Waals surface area contributed by atoms with Crippen LogP contribution in [-0.4, -0.2) is 22.0 Å². The maximum atomic E-state index is 13.6. The van der Waals surface area contributed by atoms with Gasteiger partial charge in [-0.15, -0.1) is 0 Å². The van der Waals surface area contributed by atoms with Gasteiger partial charge in [-0.2, -0.15) is 5.10 Å². The van der Waals surface area contributed by atoms with Gasteiger partial charge in [-0.1, -0.05) is 6.07 Å². The normalized spacial score (nSPS) is 12.8. The Morgan fingerprint density at radius 3 is 2.57 bits per heavy atom. The second-order valence-electron chi connectivity index (χ2n) is 4.80. The van der Waals surface area contributed by atoms with Gasteiger partial charge in [-0.25, -0.2) is 8.78 Å². The number of halogens is 3. The highest BCUT2D eigenvalue weighted by molar-refractivity contribution is 9.10. The molecule has 0 spiro atoms. The van der Waals surface area contributed by atoms with E-state index in [0.29, 0.717) is 11.4 Å². The molecule has 0 aliphatic rings. The summed E-state index contributed by atoms with van der Waals surface area (Å²) >= 11 is 2.98. The lowest BCUT2D eigenvalue weighted by atomic mass is 10.1. The first kappa shape index (κ1) is 15.9. The summed E-state index contributed by atoms with van der Waals surface area (Å²) in [5, 5.41) is 14.7. The number of rotatable bonds is 4. The maximum Gasteiger partial charge on any atom is 0.173 e. The quantitative estimate of drug-likeness (QED) is 0.847. The Morgan fingerprint density at radius 1 is 1.33 bits per heavy atom. The molecule has 4 nitrogen and oxygen atoms in total. The molecule has 1 atom stereocenters. The van der Waals surface area contributed by atoms with Gasteiger partial charge in [0.05, 0.1) is 17.8 Å². The second-order valence-corrected chi connectivity index (χ2v) is 5.60. The van der Waals surface area contributed by atoms with Gasteiger partial charge in [-0.05, 0) is 35.8 Å². The minimum absolute atomic E-state index is 0.0254. The van der Waals surface area contributed by atoms with Gasteiger partial charge in [0.15, 0.2) is 17.4 Å². The summed E-state index contributed by atoms with van der Waals surface area (Å²) in [5.74, 6) is -1.64. The van der Waals surface area contributed by atoms with Crippen LogP contribution in [0.1, 0.15) is 37.3 Å². The zero-order valence-electron chi connectivity index (χ0n) is 11.8. The molecule has 0 bridgehead atoms. The van der Waals surface area contributed by atoms with E-state index in [9.17, 15) is 13.9 Å². The number of benzene rings is 1. The number of aliphatic hydroxyl groups excluding tert-OH is 1. The molecule has 21 heavy (non-hydrogen) atoms. The third-order valence-electron chi connectivity index (χ3n) is 3.13. The summed E-state index contributed by atoms with van der Waals surface area (Å²) < 4.78 is 33.5. The van der Waals surface area contributed by atoms with E-state index in [1.807, 2.05) is 13.8 Å². The highest BCUT2D eigenvalue weighted by Crippen LogP contribution is 2.36. The Bertz CT molecular complexity index is 659. The van der Waals surface area contributed by atoms with E-state index in [4.69, 9.17) is 4.74 Å². The molecule has 1 heterocycles. The van der Waals surface area contributed by atoms with E-state index < -0.39 is 17.7 Å². The summed E-state index contributed by atoms with van der Waals surface area (Å²) in [5.41, 5.74) is 0.591. The second kappa shape index (κ2) is 6.11. The third kappa shape index (κ3) is 2.80. The Balaban J connectivity index is 2.57. The number of hydrogen-bond donors (Lipinski definition) is 1. The van der Waals surface area contributed by atoms with Crippen molar-refractivity contribution in [3.8, 4) is 5.75 Å². The summed E-state index contributed by atoms with van der Waals surface area (Å²) in [6.07, 6.45) is 0.279. The van der Waals surface area contributed by atoms with E-state index in [1.165, 1.54) is 19.4 Å². The van der Waals surface area contributed by atoms with Crippen LogP contribution in [-0.2, 0) is 0 Å². The van der Waals surface area contributed by atoms with Crippen LogP contribution in [0, 0.1) is 11.6 Å². The number of aliphatic hydroxyl groups is 1. The lowest BCUT2D eigenvalue weighted by Crippen LogP contribution is -2.14. The molecule has 7 heteroatoms. The number of methoxy groups -OCH3 is 1. The van der Waals surface area contributed by atoms with Crippen LogP contribution in [0.4, 0.5) is 8.78 Å². The predicted octanol–water partition coefficient (Wildman–Crippen LogP) is 3.60. The van der Waals surface area contributed by atoms with Crippen molar-refractivity contribution in [2.24, 2.45) is 0 Å². The first-order chi connectivity index (χ1) is 9.88. The molecule has 0 saturated carbocycles. The van der Waals surface area contributed by atoms with Crippen LogP contribution in [0.15, 0.2) is 22.8 Å². The Labute approximate surface area is 129 Å². The SMILES string of the molecule is COc1cnn(C(C)C)c1C(O)c1ccc(F)c(F)c1Br. The first-order valence-electron chi connectivity index (χ1n) is 6.31. The average Bonchev–Trinajstić information content (AvgIpc) is 2.88. The Hall–Kier alpha value is -1.47. The maximum absolute atomic E-state index is 13.6. The summed E-state index contributed by atoms with van der Waals surface area (Å²) in [7, 11) is 1.46. The van der Waals surface area contributed by atoms with Crippen LogP contribution in [0.5, 0.6) is 5.75 Å². The van der Waals surface area contributed by atoms with Crippen LogP contribution in [0.25, 0.3) is 0 Å². The lowest BCUT2D eigenvalue weighted by Gasteiger charge is -2.18. The molecule has 114 valence electrons. The molecule has 0 amide bonds. The number of ether oxygens (including phenoxy) is 1. The fourth-order valence-electron chi connectivity index (χ4n) is 2.08. The number of aromatic nitrogens is 2. The van der Waals surface area contributed by atoms with Crippen molar-refractivity contribution in [1.29, 1.82) is 0 Å². The molecule has 2 aromatic rings. The molecule has 2 rings (SSSR count). The predicted molar refractivity (Wildman–Crippen MR) is 77.3 cm³/mol. The molecule has 1 aromatic heterocycles. The standard InChI is InChI=1S/C14H15BrF2N2O2/c1-7(2)19-13(10(21-3)6-18-19)14(20)8-4-5-9(16)12(17)11(8)15/h4-7,14,20H,1-3H3. The molecular weight excluding hydrogens is 346 g/mol. The zero-order valence-corrected chi connectivity index (χ0v) is 13.4. The molecule has 1 unspecified atom stereocenters. The molecule has 0 fully saturated rings. The van der Waals surface area contributed by atoms with Gasteiger partial charge in [-0.3, -0.25) is 4.68 Å². The van der Waals surface area contributed by atoms with Gasteiger partial charge in [0, 0.05) is 11.6 Å². The van der Waals surface area contributed by atoms with Crippen molar-refractivity contribution in [1.82, 2.24) is 9.78 Å². The van der Waals surface area contributed by atoms with E-state index in [2.05, 4.69) is 21.0 Å². The monoisotopic (exact) mass is 360 g/mol. The van der Waals surface area contributed by atoms with Crippen molar-refractivity contribution in [3.05, 3.63) is 45.7 Å². The Kier molecular flexibility index (Phi) is 4.63. The Morgan fingerprint density at radius 2 is 2.00 bits per heavy atom. The third-order valence-corrected chi connectivity index (χ3v) is 3.93. The van der Waals surface area contributed by atoms with Gasteiger partial charge in [0.1, 0.15) is 11.8 Å². The highest BCUT2D eigenvalue weighted by atomic mass is 79.9. The van der Waals surface area contributed by atoms with E-state index in [0.717, 1.165) is 6.07 Å². The number of nitrogens with zero attached hydrogens (tertiary/aromatic N) is 2. The lowest BCUT2D eigenvalue weighted by molar-refractivity contribution is 0.198. The minimum Gasteiger partial charge on any atom is -0.493 e. The first-order valence-corrected chi connectivity index (χ1v) is 7.10. The topological polar surface area (TPSA) is 47.3 Å². The fourth-order valence-corrected chi connectivity index (χ4v) is 2.62. The van der Waals surface area contributed by atoms with Crippen LogP contribution < -0.4 is 4.74 Å². The van der Waals surface area contributed by atoms with Crippen molar-refractivity contribution in [2.45, 2.75) is 26.0 Å². The molecule has 0 aliphatic heterocycles. The molecule has 1 aromatic carbocycles. The van der Waals surface area contributed by atoms with Crippen molar-refractivity contribution < 1.29 is 18.6 Å². The molecule has 0 aliphatic carbocycles. The fraction of sp³-hybridized carbons (Fsp3) is 0.357. The van der Waals surface area contributed by atoms with E-state index in [-0.39, 0.29) is 16.1 Å². The summed E-state index contributed by atoms with van der Waals surface area (Å²) in [4.78, 5) is 0. The summed E-state index contributed by atoms with van der Waals surface area (Å²) in [6, 6.07) is 2.27. The average molecular weight is 361 g/mol. The van der Waals surface area contributed by atoms with Gasteiger partial charge >= 0.3 is 0 Å². The highest BCUT2D eigenvalue weighted by Gasteiger charge is 2.26. The summed E-state index contributed by atoms with van der Waals surface area (Å²) in [6.45, 7) is 3.78. The van der Waals surface area contributed by atoms with Gasteiger partial charge in [0.25, 0.3) is 0 Å². The molecule has 0 saturated heterocycles. The van der Waals surface area contributed by atoms with E-state index >= 15 is 0 Å². The van der Waals surface area contributed by atoms with Crippen molar-refractivity contribution in [3.63, 3.8) is 0 Å². The minimum atomic E-state index is -1.20. The molecule has 1 N–H and O–H groups in total.